The molecule has 0 aliphatic heterocycles. The van der Waals surface area contributed by atoms with Crippen molar-refractivity contribution in [2.24, 2.45) is 10.8 Å². The van der Waals surface area contributed by atoms with Gasteiger partial charge < -0.3 is 5.32 Å². The fourth-order valence-electron chi connectivity index (χ4n) is 2.93. The molecule has 2 nitrogen and oxygen atoms in total. The molecule has 0 bridgehead atoms. The van der Waals surface area contributed by atoms with Crippen molar-refractivity contribution in [2.45, 2.75) is 92.9 Å². The summed E-state index contributed by atoms with van der Waals surface area (Å²) in [6.07, 6.45) is 8.71. The highest BCUT2D eigenvalue weighted by molar-refractivity contribution is 5.75. The van der Waals surface area contributed by atoms with E-state index in [4.69, 9.17) is 0 Å². The first-order chi connectivity index (χ1) is 9.40. The number of rotatable bonds is 11. The summed E-state index contributed by atoms with van der Waals surface area (Å²) in [4.78, 5) is 11.9. The van der Waals surface area contributed by atoms with E-state index in [1.165, 1.54) is 19.3 Å². The van der Waals surface area contributed by atoms with Crippen molar-refractivity contribution >= 4 is 5.91 Å². The van der Waals surface area contributed by atoms with Gasteiger partial charge in [0, 0.05) is 13.0 Å². The minimum atomic E-state index is 0.229. The molecule has 0 saturated carbocycles. The van der Waals surface area contributed by atoms with Gasteiger partial charge in [-0.05, 0) is 36.5 Å². The Morgan fingerprint density at radius 3 is 1.90 bits per heavy atom. The van der Waals surface area contributed by atoms with Crippen LogP contribution in [0.2, 0.25) is 0 Å². The molecule has 0 atom stereocenters. The van der Waals surface area contributed by atoms with Gasteiger partial charge in [0.15, 0.2) is 0 Å². The standard InChI is InChI=1S/C18H37NO/c1-7-12-13-16(20)19-15-18(10-4,11-5)14-17(6,8-2)9-3/h7-15H2,1-6H3,(H,19,20). The van der Waals surface area contributed by atoms with Crippen LogP contribution in [0.3, 0.4) is 0 Å². The number of amides is 1. The molecule has 0 unspecified atom stereocenters. The number of nitrogens with one attached hydrogen (secondary N) is 1. The zero-order chi connectivity index (χ0) is 15.6. The minimum Gasteiger partial charge on any atom is -0.356 e. The lowest BCUT2D eigenvalue weighted by molar-refractivity contribution is -0.121. The van der Waals surface area contributed by atoms with Crippen LogP contribution in [0.25, 0.3) is 0 Å². The second-order valence-corrected chi connectivity index (χ2v) is 6.78. The van der Waals surface area contributed by atoms with Gasteiger partial charge in [-0.15, -0.1) is 0 Å². The number of unbranched alkanes of at least 4 members (excludes halogenated alkanes) is 1. The van der Waals surface area contributed by atoms with E-state index < -0.39 is 0 Å². The van der Waals surface area contributed by atoms with Gasteiger partial charge in [0.05, 0.1) is 0 Å². The number of carbonyl (C=O) groups is 1. The fraction of sp³-hybridized carbons (Fsp3) is 0.944. The zero-order valence-corrected chi connectivity index (χ0v) is 14.8. The van der Waals surface area contributed by atoms with Crippen LogP contribution in [0.1, 0.15) is 92.9 Å². The molecule has 0 aromatic carbocycles. The first-order valence-electron chi connectivity index (χ1n) is 8.67. The topological polar surface area (TPSA) is 29.1 Å². The molecule has 0 saturated heterocycles. The highest BCUT2D eigenvalue weighted by Gasteiger charge is 2.34. The van der Waals surface area contributed by atoms with Crippen molar-refractivity contribution in [1.29, 1.82) is 0 Å². The Kier molecular flexibility index (Phi) is 9.16. The Morgan fingerprint density at radius 2 is 1.50 bits per heavy atom. The van der Waals surface area contributed by atoms with Gasteiger partial charge in [-0.1, -0.05) is 60.8 Å². The molecular formula is C18H37NO. The zero-order valence-electron chi connectivity index (χ0n) is 14.8. The largest absolute Gasteiger partial charge is 0.356 e. The molecule has 1 N–H and O–H groups in total. The lowest BCUT2D eigenvalue weighted by atomic mass is 9.67. The fourth-order valence-corrected chi connectivity index (χ4v) is 2.93. The van der Waals surface area contributed by atoms with Gasteiger partial charge in [0.2, 0.25) is 5.91 Å². The van der Waals surface area contributed by atoms with Crippen LogP contribution in [-0.4, -0.2) is 12.5 Å². The van der Waals surface area contributed by atoms with Crippen LogP contribution in [0.5, 0.6) is 0 Å². The van der Waals surface area contributed by atoms with Crippen LogP contribution < -0.4 is 5.32 Å². The summed E-state index contributed by atoms with van der Waals surface area (Å²) in [5, 5.41) is 3.19. The van der Waals surface area contributed by atoms with Gasteiger partial charge in [0.25, 0.3) is 0 Å². The van der Waals surface area contributed by atoms with E-state index in [-0.39, 0.29) is 11.3 Å². The average molecular weight is 284 g/mol. The maximum Gasteiger partial charge on any atom is 0.220 e. The van der Waals surface area contributed by atoms with Gasteiger partial charge in [0.1, 0.15) is 0 Å². The van der Waals surface area contributed by atoms with E-state index in [1.807, 2.05) is 0 Å². The average Bonchev–Trinajstić information content (AvgIpc) is 2.49. The lowest BCUT2D eigenvalue weighted by Crippen LogP contribution is -2.40. The Labute approximate surface area is 127 Å². The first kappa shape index (κ1) is 19.5. The van der Waals surface area contributed by atoms with Crippen molar-refractivity contribution in [3.05, 3.63) is 0 Å². The number of hydrogen-bond acceptors (Lipinski definition) is 1. The normalized spacial score (nSPS) is 12.5. The number of hydrogen-bond donors (Lipinski definition) is 1. The number of carbonyl (C=O) groups excluding carboxylic acids is 1. The molecule has 0 spiro atoms. The SMILES string of the molecule is CCCCC(=O)NCC(CC)(CC)CC(C)(CC)CC. The van der Waals surface area contributed by atoms with E-state index in [9.17, 15) is 4.79 Å². The molecule has 0 fully saturated rings. The summed E-state index contributed by atoms with van der Waals surface area (Å²) >= 11 is 0. The van der Waals surface area contributed by atoms with Crippen molar-refractivity contribution in [2.75, 3.05) is 6.54 Å². The third-order valence-corrected chi connectivity index (χ3v) is 5.43. The Morgan fingerprint density at radius 1 is 0.950 bits per heavy atom. The van der Waals surface area contributed by atoms with E-state index >= 15 is 0 Å². The van der Waals surface area contributed by atoms with Crippen LogP contribution >= 0.6 is 0 Å². The second-order valence-electron chi connectivity index (χ2n) is 6.78. The molecule has 1 amide bonds. The maximum absolute atomic E-state index is 11.9. The Balaban J connectivity index is 4.64. The molecule has 0 heterocycles. The van der Waals surface area contributed by atoms with Gasteiger partial charge in [-0.2, -0.15) is 0 Å². The molecule has 0 aromatic heterocycles. The summed E-state index contributed by atoms with van der Waals surface area (Å²) in [6.45, 7) is 14.5. The molecule has 20 heavy (non-hydrogen) atoms. The van der Waals surface area contributed by atoms with Crippen LogP contribution in [0, 0.1) is 10.8 Å². The summed E-state index contributed by atoms with van der Waals surface area (Å²) in [7, 11) is 0. The van der Waals surface area contributed by atoms with Gasteiger partial charge in [-0.25, -0.2) is 0 Å². The summed E-state index contributed by atoms with van der Waals surface area (Å²) < 4.78 is 0. The van der Waals surface area contributed by atoms with Gasteiger partial charge >= 0.3 is 0 Å². The van der Waals surface area contributed by atoms with Crippen molar-refractivity contribution in [3.8, 4) is 0 Å². The van der Waals surface area contributed by atoms with E-state index in [2.05, 4.69) is 46.9 Å². The van der Waals surface area contributed by atoms with Crippen LogP contribution in [0.4, 0.5) is 0 Å². The molecule has 0 rings (SSSR count). The van der Waals surface area contributed by atoms with Gasteiger partial charge in [-0.3, -0.25) is 4.79 Å². The van der Waals surface area contributed by atoms with Crippen molar-refractivity contribution in [1.82, 2.24) is 5.32 Å². The highest BCUT2D eigenvalue weighted by atomic mass is 16.1. The molecule has 2 heteroatoms. The highest BCUT2D eigenvalue weighted by Crippen LogP contribution is 2.42. The lowest BCUT2D eigenvalue weighted by Gasteiger charge is -2.40. The summed E-state index contributed by atoms with van der Waals surface area (Å²) in [5.41, 5.74) is 0.669. The third kappa shape index (κ3) is 6.28. The predicted molar refractivity (Wildman–Crippen MR) is 88.9 cm³/mol. The summed E-state index contributed by atoms with van der Waals surface area (Å²) in [5.74, 6) is 0.229. The molecule has 0 aliphatic rings. The second kappa shape index (κ2) is 9.41. The minimum absolute atomic E-state index is 0.229. The van der Waals surface area contributed by atoms with Crippen molar-refractivity contribution < 1.29 is 4.79 Å². The van der Waals surface area contributed by atoms with E-state index in [0.29, 0.717) is 11.8 Å². The molecule has 0 aliphatic carbocycles. The smallest absolute Gasteiger partial charge is 0.220 e. The first-order valence-corrected chi connectivity index (χ1v) is 8.67. The maximum atomic E-state index is 11.9. The molecule has 120 valence electrons. The summed E-state index contributed by atoms with van der Waals surface area (Å²) in [6, 6.07) is 0. The monoisotopic (exact) mass is 283 g/mol. The van der Waals surface area contributed by atoms with Crippen molar-refractivity contribution in [3.63, 3.8) is 0 Å². The quantitative estimate of drug-likeness (QED) is 0.546. The van der Waals surface area contributed by atoms with Crippen LogP contribution in [0.15, 0.2) is 0 Å². The molecular weight excluding hydrogens is 246 g/mol. The molecule has 0 radical (unpaired) electrons. The van der Waals surface area contributed by atoms with Crippen LogP contribution in [-0.2, 0) is 4.79 Å². The Bertz CT molecular complexity index is 265. The van der Waals surface area contributed by atoms with E-state index in [1.54, 1.807) is 0 Å². The third-order valence-electron chi connectivity index (χ3n) is 5.43. The van der Waals surface area contributed by atoms with E-state index in [0.717, 1.165) is 32.2 Å². The predicted octanol–water partition coefficient (Wildman–Crippen LogP) is 5.32. The molecule has 0 aromatic rings. The Hall–Kier alpha value is -0.530.